The highest BCUT2D eigenvalue weighted by Gasteiger charge is 2.01. The molecule has 3 heteroatoms. The lowest BCUT2D eigenvalue weighted by molar-refractivity contribution is 0.216. The summed E-state index contributed by atoms with van der Waals surface area (Å²) in [6, 6.07) is 9.39. The first-order valence-corrected chi connectivity index (χ1v) is 6.15. The maximum absolute atomic E-state index is 8.77. The molecule has 0 N–H and O–H groups in total. The largest absolute Gasteiger partial charge is 0.492 e. The Morgan fingerprint density at radius 3 is 2.76 bits per heavy atom. The van der Waals surface area contributed by atoms with Crippen LogP contribution < -0.4 is 4.74 Å². The second-order valence-electron chi connectivity index (χ2n) is 3.92. The molecule has 92 valence electrons. The second-order valence-corrected chi connectivity index (χ2v) is 3.92. The van der Waals surface area contributed by atoms with Gasteiger partial charge in [-0.05, 0) is 37.7 Å². The molecular weight excluding hydrogens is 212 g/mol. The van der Waals surface area contributed by atoms with E-state index in [9.17, 15) is 0 Å². The SMILES string of the molecule is CCCN(CC)CCOc1cccc(C#N)c1. The van der Waals surface area contributed by atoms with Crippen molar-refractivity contribution in [2.24, 2.45) is 0 Å². The second kappa shape index (κ2) is 7.70. The summed E-state index contributed by atoms with van der Waals surface area (Å²) in [6.07, 6.45) is 1.16. The van der Waals surface area contributed by atoms with Gasteiger partial charge in [0.25, 0.3) is 0 Å². The van der Waals surface area contributed by atoms with Crippen LogP contribution in [0, 0.1) is 11.3 Å². The molecule has 0 radical (unpaired) electrons. The summed E-state index contributed by atoms with van der Waals surface area (Å²) in [7, 11) is 0. The predicted molar refractivity (Wildman–Crippen MR) is 69.1 cm³/mol. The fraction of sp³-hybridized carbons (Fsp3) is 0.500. The Bertz CT molecular complexity index is 371. The van der Waals surface area contributed by atoms with Crippen LogP contribution in [0.3, 0.4) is 0 Å². The molecule has 1 aromatic carbocycles. The molecule has 0 saturated carbocycles. The van der Waals surface area contributed by atoms with E-state index in [0.717, 1.165) is 31.8 Å². The van der Waals surface area contributed by atoms with E-state index in [1.54, 1.807) is 12.1 Å². The fourth-order valence-electron chi connectivity index (χ4n) is 1.69. The number of ether oxygens (including phenoxy) is 1. The number of hydrogen-bond acceptors (Lipinski definition) is 3. The van der Waals surface area contributed by atoms with E-state index in [4.69, 9.17) is 10.00 Å². The summed E-state index contributed by atoms with van der Waals surface area (Å²) in [5.74, 6) is 0.775. The average molecular weight is 232 g/mol. The Morgan fingerprint density at radius 2 is 2.12 bits per heavy atom. The van der Waals surface area contributed by atoms with E-state index in [1.165, 1.54) is 0 Å². The first kappa shape index (κ1) is 13.5. The van der Waals surface area contributed by atoms with E-state index < -0.39 is 0 Å². The number of likely N-dealkylation sites (N-methyl/N-ethyl adjacent to an activating group) is 1. The summed E-state index contributed by atoms with van der Waals surface area (Å²) in [6.45, 7) is 8.10. The van der Waals surface area contributed by atoms with Gasteiger partial charge in [-0.1, -0.05) is 19.9 Å². The summed E-state index contributed by atoms with van der Waals surface area (Å²) in [5, 5.41) is 8.77. The number of nitriles is 1. The average Bonchev–Trinajstić information content (AvgIpc) is 2.38. The van der Waals surface area contributed by atoms with Crippen LogP contribution in [0.5, 0.6) is 5.75 Å². The molecule has 0 heterocycles. The van der Waals surface area contributed by atoms with E-state index in [1.807, 2.05) is 12.1 Å². The number of benzene rings is 1. The van der Waals surface area contributed by atoms with E-state index in [-0.39, 0.29) is 0 Å². The van der Waals surface area contributed by atoms with E-state index in [2.05, 4.69) is 24.8 Å². The van der Waals surface area contributed by atoms with Crippen LogP contribution in [0.25, 0.3) is 0 Å². The first-order valence-electron chi connectivity index (χ1n) is 6.15. The van der Waals surface area contributed by atoms with Crippen LogP contribution in [0.1, 0.15) is 25.8 Å². The summed E-state index contributed by atoms with van der Waals surface area (Å²) >= 11 is 0. The zero-order valence-electron chi connectivity index (χ0n) is 10.6. The molecule has 0 aliphatic heterocycles. The van der Waals surface area contributed by atoms with Gasteiger partial charge in [-0.2, -0.15) is 5.26 Å². The number of hydrogen-bond donors (Lipinski definition) is 0. The van der Waals surface area contributed by atoms with Gasteiger partial charge in [0, 0.05) is 6.54 Å². The molecule has 0 fully saturated rings. The summed E-state index contributed by atoms with van der Waals surface area (Å²) < 4.78 is 5.63. The normalized spacial score (nSPS) is 10.2. The van der Waals surface area contributed by atoms with E-state index >= 15 is 0 Å². The highest BCUT2D eigenvalue weighted by molar-refractivity contribution is 5.36. The smallest absolute Gasteiger partial charge is 0.120 e. The number of nitrogens with zero attached hydrogens (tertiary/aromatic N) is 2. The maximum Gasteiger partial charge on any atom is 0.120 e. The standard InChI is InChI=1S/C14H20N2O/c1-3-8-16(4-2)9-10-17-14-7-5-6-13(11-14)12-15/h5-7,11H,3-4,8-10H2,1-2H3. The lowest BCUT2D eigenvalue weighted by Gasteiger charge is -2.19. The highest BCUT2D eigenvalue weighted by atomic mass is 16.5. The zero-order chi connectivity index (χ0) is 12.5. The Labute approximate surface area is 104 Å². The summed E-state index contributed by atoms with van der Waals surface area (Å²) in [4.78, 5) is 2.36. The van der Waals surface area contributed by atoms with Gasteiger partial charge in [-0.25, -0.2) is 0 Å². The molecule has 0 unspecified atom stereocenters. The van der Waals surface area contributed by atoms with Crippen molar-refractivity contribution in [1.29, 1.82) is 5.26 Å². The molecular formula is C14H20N2O. The molecule has 0 bridgehead atoms. The molecule has 1 aromatic rings. The van der Waals surface area contributed by atoms with Gasteiger partial charge in [-0.15, -0.1) is 0 Å². The maximum atomic E-state index is 8.77. The van der Waals surface area contributed by atoms with E-state index in [0.29, 0.717) is 12.2 Å². The molecule has 0 spiro atoms. The van der Waals surface area contributed by atoms with Gasteiger partial charge in [0.2, 0.25) is 0 Å². The first-order chi connectivity index (χ1) is 8.30. The van der Waals surface area contributed by atoms with Gasteiger partial charge < -0.3 is 9.64 Å². The van der Waals surface area contributed by atoms with Gasteiger partial charge in [0.1, 0.15) is 12.4 Å². The van der Waals surface area contributed by atoms with Gasteiger partial charge >= 0.3 is 0 Å². The Balaban J connectivity index is 2.37. The molecule has 0 amide bonds. The molecule has 3 nitrogen and oxygen atoms in total. The van der Waals surface area contributed by atoms with Gasteiger partial charge in [-0.3, -0.25) is 0 Å². The van der Waals surface area contributed by atoms with Crippen LogP contribution in [0.15, 0.2) is 24.3 Å². The minimum Gasteiger partial charge on any atom is -0.492 e. The third kappa shape index (κ3) is 4.88. The Morgan fingerprint density at radius 1 is 1.29 bits per heavy atom. The van der Waals surface area contributed by atoms with Crippen molar-refractivity contribution in [2.75, 3.05) is 26.2 Å². The van der Waals surface area contributed by atoms with Crippen molar-refractivity contribution in [2.45, 2.75) is 20.3 Å². The topological polar surface area (TPSA) is 36.3 Å². The molecule has 0 atom stereocenters. The van der Waals surface area contributed by atoms with Crippen molar-refractivity contribution in [3.63, 3.8) is 0 Å². The van der Waals surface area contributed by atoms with Crippen molar-refractivity contribution in [3.05, 3.63) is 29.8 Å². The molecule has 0 aliphatic rings. The lowest BCUT2D eigenvalue weighted by Crippen LogP contribution is -2.28. The third-order valence-corrected chi connectivity index (χ3v) is 2.63. The van der Waals surface area contributed by atoms with Crippen LogP contribution in [0.2, 0.25) is 0 Å². The fourth-order valence-corrected chi connectivity index (χ4v) is 1.69. The minimum atomic E-state index is 0.642. The van der Waals surface area contributed by atoms with Crippen molar-refractivity contribution in [3.8, 4) is 11.8 Å². The molecule has 0 aliphatic carbocycles. The molecule has 17 heavy (non-hydrogen) atoms. The summed E-state index contributed by atoms with van der Waals surface area (Å²) in [5.41, 5.74) is 0.642. The zero-order valence-corrected chi connectivity index (χ0v) is 10.6. The lowest BCUT2D eigenvalue weighted by atomic mass is 10.2. The molecule has 0 aromatic heterocycles. The number of rotatable bonds is 7. The van der Waals surface area contributed by atoms with Gasteiger partial charge in [0.15, 0.2) is 0 Å². The Kier molecular flexibility index (Phi) is 6.13. The van der Waals surface area contributed by atoms with Crippen LogP contribution in [-0.2, 0) is 0 Å². The quantitative estimate of drug-likeness (QED) is 0.725. The van der Waals surface area contributed by atoms with Crippen LogP contribution in [0.4, 0.5) is 0 Å². The van der Waals surface area contributed by atoms with Crippen LogP contribution in [-0.4, -0.2) is 31.1 Å². The van der Waals surface area contributed by atoms with Crippen molar-refractivity contribution in [1.82, 2.24) is 4.90 Å². The van der Waals surface area contributed by atoms with Crippen LogP contribution >= 0.6 is 0 Å². The Hall–Kier alpha value is -1.53. The molecule has 1 rings (SSSR count). The predicted octanol–water partition coefficient (Wildman–Crippen LogP) is 2.67. The third-order valence-electron chi connectivity index (χ3n) is 2.63. The molecule has 0 saturated heterocycles. The van der Waals surface area contributed by atoms with Gasteiger partial charge in [0.05, 0.1) is 11.6 Å². The van der Waals surface area contributed by atoms with Crippen molar-refractivity contribution < 1.29 is 4.74 Å². The van der Waals surface area contributed by atoms with Crippen molar-refractivity contribution >= 4 is 0 Å². The monoisotopic (exact) mass is 232 g/mol. The highest BCUT2D eigenvalue weighted by Crippen LogP contribution is 2.12. The minimum absolute atomic E-state index is 0.642.